The van der Waals surface area contributed by atoms with Crippen LogP contribution in [0.4, 0.5) is 0 Å². The van der Waals surface area contributed by atoms with Gasteiger partial charge in [-0.15, -0.1) is 24.0 Å². The molecule has 0 spiro atoms. The summed E-state index contributed by atoms with van der Waals surface area (Å²) in [6, 6.07) is 9.09. The maximum atomic E-state index is 5.47. The van der Waals surface area contributed by atoms with Crippen LogP contribution in [0.1, 0.15) is 51.0 Å². The van der Waals surface area contributed by atoms with E-state index in [1.165, 1.54) is 36.8 Å². The predicted octanol–water partition coefficient (Wildman–Crippen LogP) is 4.33. The molecule has 2 N–H and O–H groups in total. The number of nitrogens with one attached hydrogen (secondary N) is 2. The number of hydrogen-bond acceptors (Lipinski definition) is 3. The second-order valence-corrected chi connectivity index (χ2v) is 8.80. The number of nitrogens with zero attached hydrogens (tertiary/aromatic N) is 2. The molecule has 2 aliphatic rings. The number of hydrogen-bond donors (Lipinski definition) is 2. The van der Waals surface area contributed by atoms with E-state index < -0.39 is 0 Å². The maximum Gasteiger partial charge on any atom is 0.191 e. The van der Waals surface area contributed by atoms with Crippen LogP contribution in [0.3, 0.4) is 0 Å². The Hall–Kier alpha value is -1.28. The van der Waals surface area contributed by atoms with Crippen molar-refractivity contribution in [2.75, 3.05) is 40.3 Å². The van der Waals surface area contributed by atoms with Crippen molar-refractivity contribution in [3.05, 3.63) is 42.0 Å². The van der Waals surface area contributed by atoms with Gasteiger partial charge in [-0.25, -0.2) is 0 Å². The molecule has 30 heavy (non-hydrogen) atoms. The van der Waals surface area contributed by atoms with Gasteiger partial charge in [0.2, 0.25) is 0 Å². The topological polar surface area (TPSA) is 48.9 Å². The molecule has 168 valence electrons. The van der Waals surface area contributed by atoms with Gasteiger partial charge in [-0.1, -0.05) is 37.1 Å². The second-order valence-electron chi connectivity index (χ2n) is 8.80. The number of guanidine groups is 1. The Morgan fingerprint density at radius 3 is 2.57 bits per heavy atom. The van der Waals surface area contributed by atoms with Gasteiger partial charge in [0.25, 0.3) is 0 Å². The summed E-state index contributed by atoms with van der Waals surface area (Å²) in [5.41, 5.74) is 2.79. The minimum Gasteiger partial charge on any atom is -0.497 e. The summed E-state index contributed by atoms with van der Waals surface area (Å²) in [4.78, 5) is 7.00. The van der Waals surface area contributed by atoms with Crippen LogP contribution in [-0.2, 0) is 5.41 Å². The van der Waals surface area contributed by atoms with Crippen LogP contribution in [-0.4, -0.2) is 57.2 Å². The zero-order chi connectivity index (χ0) is 20.7. The van der Waals surface area contributed by atoms with E-state index in [1.807, 2.05) is 13.1 Å². The van der Waals surface area contributed by atoms with E-state index in [9.17, 15) is 0 Å². The molecule has 1 aliphatic heterocycles. The van der Waals surface area contributed by atoms with Crippen molar-refractivity contribution in [2.24, 2.45) is 4.99 Å². The first-order valence-corrected chi connectivity index (χ1v) is 11.0. The molecule has 0 atom stereocenters. The molecule has 0 radical (unpaired) electrons. The van der Waals surface area contributed by atoms with Gasteiger partial charge in [-0.05, 0) is 50.3 Å². The summed E-state index contributed by atoms with van der Waals surface area (Å²) in [7, 11) is 3.62. The van der Waals surface area contributed by atoms with Crippen LogP contribution in [0.25, 0.3) is 0 Å². The van der Waals surface area contributed by atoms with Crippen LogP contribution in [0.15, 0.2) is 41.4 Å². The zero-order valence-electron chi connectivity index (χ0n) is 18.9. The number of ether oxygens (including phenoxy) is 1. The molecule has 1 aromatic rings. The molecule has 1 aromatic carbocycles. The van der Waals surface area contributed by atoms with Gasteiger partial charge in [0.15, 0.2) is 5.96 Å². The predicted molar refractivity (Wildman–Crippen MR) is 137 cm³/mol. The average molecular weight is 527 g/mol. The van der Waals surface area contributed by atoms with E-state index >= 15 is 0 Å². The Morgan fingerprint density at radius 2 is 1.97 bits per heavy atom. The molecule has 0 unspecified atom stereocenters. The lowest BCUT2D eigenvalue weighted by Gasteiger charge is -2.34. The number of benzene rings is 1. The Balaban J connectivity index is 0.00000320. The van der Waals surface area contributed by atoms with Gasteiger partial charge in [-0.2, -0.15) is 0 Å². The second kappa shape index (κ2) is 11.9. The molecular weight excluding hydrogens is 487 g/mol. The monoisotopic (exact) mass is 526 g/mol. The molecule has 1 heterocycles. The van der Waals surface area contributed by atoms with E-state index in [2.05, 4.69) is 52.2 Å². The van der Waals surface area contributed by atoms with Crippen LogP contribution >= 0.6 is 24.0 Å². The molecule has 0 aromatic heterocycles. The van der Waals surface area contributed by atoms with Gasteiger partial charge < -0.3 is 15.4 Å². The highest BCUT2D eigenvalue weighted by molar-refractivity contribution is 14.0. The lowest BCUT2D eigenvalue weighted by molar-refractivity contribution is 0.221. The molecule has 0 amide bonds. The summed E-state index contributed by atoms with van der Waals surface area (Å²) in [5.74, 6) is 1.87. The molecule has 6 heteroatoms. The molecule has 1 saturated heterocycles. The first-order valence-electron chi connectivity index (χ1n) is 11.0. The summed E-state index contributed by atoms with van der Waals surface area (Å²) >= 11 is 0. The third-order valence-electron chi connectivity index (χ3n) is 6.48. The standard InChI is InChI=1S/C24H38N4O.HI/c1-19(2)17-28-14-10-21(11-15-28)27-23(25-3)26-18-24(12-5-6-13-24)20-8-7-9-22(16-20)29-4;/h7-9,16,21H,1,5-6,10-15,17-18H2,2-4H3,(H2,25,26,27);1H. The van der Waals surface area contributed by atoms with Gasteiger partial charge in [0.1, 0.15) is 5.75 Å². The minimum absolute atomic E-state index is 0. The fourth-order valence-corrected chi connectivity index (χ4v) is 4.83. The number of likely N-dealkylation sites (tertiary alicyclic amines) is 1. The Kier molecular flexibility index (Phi) is 9.94. The van der Waals surface area contributed by atoms with Gasteiger partial charge in [0.05, 0.1) is 7.11 Å². The minimum atomic E-state index is 0. The normalized spacial score (nSPS) is 19.8. The van der Waals surface area contributed by atoms with Crippen molar-refractivity contribution in [1.82, 2.24) is 15.5 Å². The first kappa shape index (κ1) is 25.0. The van der Waals surface area contributed by atoms with E-state index in [4.69, 9.17) is 4.74 Å². The molecule has 3 rings (SSSR count). The number of methoxy groups -OCH3 is 1. The Bertz CT molecular complexity index is 707. The molecular formula is C24H39IN4O. The van der Waals surface area contributed by atoms with Crippen LogP contribution in [0.5, 0.6) is 5.75 Å². The maximum absolute atomic E-state index is 5.47. The molecule has 1 aliphatic carbocycles. The largest absolute Gasteiger partial charge is 0.497 e. The van der Waals surface area contributed by atoms with Crippen molar-refractivity contribution in [1.29, 1.82) is 0 Å². The highest BCUT2D eigenvalue weighted by Gasteiger charge is 2.36. The fourth-order valence-electron chi connectivity index (χ4n) is 4.83. The van der Waals surface area contributed by atoms with E-state index in [0.29, 0.717) is 6.04 Å². The lowest BCUT2D eigenvalue weighted by Crippen LogP contribution is -2.51. The van der Waals surface area contributed by atoms with Gasteiger partial charge in [0, 0.05) is 44.7 Å². The van der Waals surface area contributed by atoms with Gasteiger partial charge in [-0.3, -0.25) is 9.89 Å². The molecule has 5 nitrogen and oxygen atoms in total. The van der Waals surface area contributed by atoms with Crippen molar-refractivity contribution >= 4 is 29.9 Å². The third kappa shape index (κ3) is 6.61. The van der Waals surface area contributed by atoms with E-state index in [1.54, 1.807) is 7.11 Å². The van der Waals surface area contributed by atoms with Crippen molar-refractivity contribution in [3.8, 4) is 5.75 Å². The summed E-state index contributed by atoms with van der Waals surface area (Å²) in [6.07, 6.45) is 7.29. The van der Waals surface area contributed by atoms with Gasteiger partial charge >= 0.3 is 0 Å². The summed E-state index contributed by atoms with van der Waals surface area (Å²) < 4.78 is 5.47. The quantitative estimate of drug-likeness (QED) is 0.241. The lowest BCUT2D eigenvalue weighted by atomic mass is 9.78. The first-order chi connectivity index (χ1) is 14.0. The van der Waals surface area contributed by atoms with E-state index in [-0.39, 0.29) is 29.4 Å². The number of aliphatic imine (C=N–C) groups is 1. The Morgan fingerprint density at radius 1 is 1.27 bits per heavy atom. The van der Waals surface area contributed by atoms with Crippen molar-refractivity contribution < 1.29 is 4.74 Å². The smallest absolute Gasteiger partial charge is 0.191 e. The van der Waals surface area contributed by atoms with Crippen LogP contribution in [0.2, 0.25) is 0 Å². The van der Waals surface area contributed by atoms with Crippen molar-refractivity contribution in [2.45, 2.75) is 56.9 Å². The van der Waals surface area contributed by atoms with Crippen LogP contribution in [0, 0.1) is 0 Å². The van der Waals surface area contributed by atoms with Crippen LogP contribution < -0.4 is 15.4 Å². The zero-order valence-corrected chi connectivity index (χ0v) is 21.2. The highest BCUT2D eigenvalue weighted by Crippen LogP contribution is 2.41. The highest BCUT2D eigenvalue weighted by atomic mass is 127. The number of rotatable bonds is 7. The Labute approximate surface area is 199 Å². The molecule has 2 fully saturated rings. The summed E-state index contributed by atoms with van der Waals surface area (Å²) in [6.45, 7) is 10.3. The molecule has 0 bridgehead atoms. The van der Waals surface area contributed by atoms with E-state index in [0.717, 1.165) is 50.7 Å². The third-order valence-corrected chi connectivity index (χ3v) is 6.48. The molecule has 1 saturated carbocycles. The number of piperidine rings is 1. The summed E-state index contributed by atoms with van der Waals surface area (Å²) in [5, 5.41) is 7.31. The average Bonchev–Trinajstić information content (AvgIpc) is 3.22. The number of halogens is 1. The fraction of sp³-hybridized carbons (Fsp3) is 0.625. The van der Waals surface area contributed by atoms with Crippen molar-refractivity contribution in [3.63, 3.8) is 0 Å². The SMILES string of the molecule is C=C(C)CN1CCC(NC(=NC)NCC2(c3cccc(OC)c3)CCCC2)CC1.I.